The Morgan fingerprint density at radius 2 is 1.95 bits per heavy atom. The number of oxazole rings is 1. The van der Waals surface area contributed by atoms with Crippen molar-refractivity contribution in [3.8, 4) is 0 Å². The van der Waals surface area contributed by atoms with Crippen LogP contribution in [0.5, 0.6) is 0 Å². The van der Waals surface area contributed by atoms with Gasteiger partial charge in [0.25, 0.3) is 0 Å². The summed E-state index contributed by atoms with van der Waals surface area (Å²) >= 11 is 0. The van der Waals surface area contributed by atoms with E-state index in [4.69, 9.17) is 4.42 Å². The quantitative estimate of drug-likeness (QED) is 0.815. The smallest absolute Gasteiger partial charge is 0.213 e. The van der Waals surface area contributed by atoms with Gasteiger partial charge in [-0.05, 0) is 19.8 Å². The number of hydrogen-bond acceptors (Lipinski definition) is 6. The lowest BCUT2D eigenvalue weighted by atomic mass is 10.3. The number of aryl methyl sites for hydroxylation is 1. The minimum atomic E-state index is 0.526. The highest BCUT2D eigenvalue weighted by Crippen LogP contribution is 2.38. The summed E-state index contributed by atoms with van der Waals surface area (Å²) in [6.07, 6.45) is 5.01. The molecule has 0 aliphatic heterocycles. The van der Waals surface area contributed by atoms with Gasteiger partial charge in [-0.3, -0.25) is 0 Å². The first kappa shape index (κ1) is 13.9. The molecule has 0 aromatic carbocycles. The summed E-state index contributed by atoms with van der Waals surface area (Å²) in [7, 11) is 0. The summed E-state index contributed by atoms with van der Waals surface area (Å²) in [6, 6.07) is 1.93. The van der Waals surface area contributed by atoms with Crippen LogP contribution in [0.1, 0.15) is 50.1 Å². The molecule has 0 saturated heterocycles. The molecule has 6 nitrogen and oxygen atoms in total. The van der Waals surface area contributed by atoms with Crippen molar-refractivity contribution in [2.24, 2.45) is 0 Å². The zero-order valence-electron chi connectivity index (χ0n) is 12.5. The molecule has 0 unspecified atom stereocenters. The second-order valence-corrected chi connectivity index (χ2v) is 5.23. The van der Waals surface area contributed by atoms with Crippen LogP contribution in [0.4, 0.5) is 11.6 Å². The molecule has 2 heterocycles. The van der Waals surface area contributed by atoms with Crippen LogP contribution in [0.3, 0.4) is 0 Å². The average molecular weight is 287 g/mol. The number of anilines is 2. The number of hydrogen-bond donors (Lipinski definition) is 2. The van der Waals surface area contributed by atoms with Gasteiger partial charge in [0.05, 0.1) is 12.7 Å². The molecule has 2 aromatic rings. The van der Waals surface area contributed by atoms with E-state index in [1.807, 2.05) is 13.0 Å². The summed E-state index contributed by atoms with van der Waals surface area (Å²) in [5, 5.41) is 6.53. The standard InChI is InChI=1S/C15H21N5O/c1-3-11-8-18-14(21-11)9-17-13-7-12(16-4-2)19-15(20-13)10-5-6-10/h7-8,10H,3-6,9H2,1-2H3,(H2,16,17,19,20). The van der Waals surface area contributed by atoms with E-state index in [9.17, 15) is 0 Å². The Bertz CT molecular complexity index is 606. The van der Waals surface area contributed by atoms with E-state index in [2.05, 4.69) is 32.5 Å². The fourth-order valence-electron chi connectivity index (χ4n) is 2.11. The minimum absolute atomic E-state index is 0.526. The van der Waals surface area contributed by atoms with Gasteiger partial charge in [-0.1, -0.05) is 6.92 Å². The lowest BCUT2D eigenvalue weighted by Crippen LogP contribution is -2.08. The highest BCUT2D eigenvalue weighted by atomic mass is 16.4. The topological polar surface area (TPSA) is 75.9 Å². The Morgan fingerprint density at radius 1 is 1.19 bits per heavy atom. The molecule has 6 heteroatoms. The first-order valence-corrected chi connectivity index (χ1v) is 7.58. The van der Waals surface area contributed by atoms with Gasteiger partial charge in [-0.2, -0.15) is 0 Å². The predicted octanol–water partition coefficient (Wildman–Crippen LogP) is 2.95. The third-order valence-corrected chi connectivity index (χ3v) is 3.41. The van der Waals surface area contributed by atoms with Gasteiger partial charge in [0, 0.05) is 24.9 Å². The summed E-state index contributed by atoms with van der Waals surface area (Å²) in [4.78, 5) is 13.4. The molecule has 112 valence electrons. The fourth-order valence-corrected chi connectivity index (χ4v) is 2.11. The van der Waals surface area contributed by atoms with E-state index in [1.54, 1.807) is 6.20 Å². The van der Waals surface area contributed by atoms with Crippen LogP contribution in [0.2, 0.25) is 0 Å². The maximum absolute atomic E-state index is 5.59. The minimum Gasteiger partial charge on any atom is -0.444 e. The maximum atomic E-state index is 5.59. The fraction of sp³-hybridized carbons (Fsp3) is 0.533. The molecule has 2 N–H and O–H groups in total. The molecule has 1 saturated carbocycles. The Hall–Kier alpha value is -2.11. The SMILES string of the molecule is CCNc1cc(NCc2ncc(CC)o2)nc(C2CC2)n1. The Morgan fingerprint density at radius 3 is 2.57 bits per heavy atom. The van der Waals surface area contributed by atoms with Crippen LogP contribution in [0.15, 0.2) is 16.7 Å². The van der Waals surface area contributed by atoms with E-state index in [1.165, 1.54) is 12.8 Å². The van der Waals surface area contributed by atoms with Crippen molar-refractivity contribution in [2.75, 3.05) is 17.2 Å². The third kappa shape index (κ3) is 3.51. The van der Waals surface area contributed by atoms with Crippen molar-refractivity contribution in [1.82, 2.24) is 15.0 Å². The molecule has 1 fully saturated rings. The number of aromatic nitrogens is 3. The molecule has 0 amide bonds. The highest BCUT2D eigenvalue weighted by Gasteiger charge is 2.27. The predicted molar refractivity (Wildman–Crippen MR) is 81.4 cm³/mol. The number of rotatable bonds is 7. The molecular weight excluding hydrogens is 266 g/mol. The maximum Gasteiger partial charge on any atom is 0.213 e. The molecule has 0 atom stereocenters. The zero-order chi connectivity index (χ0) is 14.7. The molecule has 2 aromatic heterocycles. The van der Waals surface area contributed by atoms with Crippen LogP contribution < -0.4 is 10.6 Å². The number of nitrogens with one attached hydrogen (secondary N) is 2. The van der Waals surface area contributed by atoms with Gasteiger partial charge in [0.15, 0.2) is 0 Å². The van der Waals surface area contributed by atoms with Crippen molar-refractivity contribution < 1.29 is 4.42 Å². The Labute approximate surface area is 124 Å². The van der Waals surface area contributed by atoms with E-state index in [0.29, 0.717) is 18.4 Å². The van der Waals surface area contributed by atoms with Crippen LogP contribution in [0, 0.1) is 0 Å². The Kier molecular flexibility index (Phi) is 4.03. The van der Waals surface area contributed by atoms with E-state index >= 15 is 0 Å². The van der Waals surface area contributed by atoms with Gasteiger partial charge in [0.1, 0.15) is 23.2 Å². The van der Waals surface area contributed by atoms with Gasteiger partial charge < -0.3 is 15.1 Å². The van der Waals surface area contributed by atoms with Gasteiger partial charge in [-0.15, -0.1) is 0 Å². The van der Waals surface area contributed by atoms with Crippen LogP contribution in [-0.2, 0) is 13.0 Å². The van der Waals surface area contributed by atoms with E-state index in [0.717, 1.165) is 36.2 Å². The lowest BCUT2D eigenvalue weighted by Gasteiger charge is -2.09. The first-order chi connectivity index (χ1) is 10.3. The summed E-state index contributed by atoms with van der Waals surface area (Å²) in [5.74, 6) is 4.73. The molecule has 21 heavy (non-hydrogen) atoms. The van der Waals surface area contributed by atoms with Crippen LogP contribution >= 0.6 is 0 Å². The van der Waals surface area contributed by atoms with Gasteiger partial charge in [0.2, 0.25) is 5.89 Å². The molecule has 1 aliphatic rings. The summed E-state index contributed by atoms with van der Waals surface area (Å²) in [5.41, 5.74) is 0. The van der Waals surface area contributed by atoms with Crippen molar-refractivity contribution in [3.05, 3.63) is 29.7 Å². The molecule has 1 aliphatic carbocycles. The van der Waals surface area contributed by atoms with Crippen molar-refractivity contribution in [2.45, 2.75) is 45.6 Å². The van der Waals surface area contributed by atoms with Crippen molar-refractivity contribution in [1.29, 1.82) is 0 Å². The molecule has 3 rings (SSSR count). The largest absolute Gasteiger partial charge is 0.444 e. The average Bonchev–Trinajstić information content (AvgIpc) is 3.24. The van der Waals surface area contributed by atoms with Crippen molar-refractivity contribution in [3.63, 3.8) is 0 Å². The third-order valence-electron chi connectivity index (χ3n) is 3.41. The molecular formula is C15H21N5O. The van der Waals surface area contributed by atoms with Gasteiger partial charge in [-0.25, -0.2) is 15.0 Å². The normalized spacial score (nSPS) is 14.2. The first-order valence-electron chi connectivity index (χ1n) is 7.58. The van der Waals surface area contributed by atoms with E-state index in [-0.39, 0.29) is 0 Å². The van der Waals surface area contributed by atoms with Gasteiger partial charge >= 0.3 is 0 Å². The highest BCUT2D eigenvalue weighted by molar-refractivity contribution is 5.48. The lowest BCUT2D eigenvalue weighted by molar-refractivity contribution is 0.465. The summed E-state index contributed by atoms with van der Waals surface area (Å²) < 4.78 is 5.59. The van der Waals surface area contributed by atoms with E-state index < -0.39 is 0 Å². The molecule has 0 radical (unpaired) electrons. The number of nitrogens with zero attached hydrogens (tertiary/aromatic N) is 3. The summed E-state index contributed by atoms with van der Waals surface area (Å²) in [6.45, 7) is 5.49. The van der Waals surface area contributed by atoms with Crippen LogP contribution in [0.25, 0.3) is 0 Å². The van der Waals surface area contributed by atoms with Crippen molar-refractivity contribution >= 4 is 11.6 Å². The monoisotopic (exact) mass is 287 g/mol. The second kappa shape index (κ2) is 6.11. The Balaban J connectivity index is 1.71. The molecule has 0 spiro atoms. The zero-order valence-corrected chi connectivity index (χ0v) is 12.5. The second-order valence-electron chi connectivity index (χ2n) is 5.23. The van der Waals surface area contributed by atoms with Crippen LogP contribution in [-0.4, -0.2) is 21.5 Å². The molecule has 0 bridgehead atoms.